The Hall–Kier alpha value is -4.37. The summed E-state index contributed by atoms with van der Waals surface area (Å²) in [6.45, 7) is 1.46. The van der Waals surface area contributed by atoms with Crippen molar-refractivity contribution in [2.75, 3.05) is 66.1 Å². The van der Waals surface area contributed by atoms with Crippen LogP contribution in [0.15, 0.2) is 0 Å². The Labute approximate surface area is 269 Å². The monoisotopic (exact) mass is 604 g/mol. The van der Waals surface area contributed by atoms with E-state index in [0.717, 1.165) is 0 Å². The third-order valence-corrected chi connectivity index (χ3v) is 4.60. The predicted molar refractivity (Wildman–Crippen MR) is 182 cm³/mol. The molecule has 2 unspecified atom stereocenters. The van der Waals surface area contributed by atoms with Crippen LogP contribution in [-0.4, -0.2) is 112 Å². The van der Waals surface area contributed by atoms with Gasteiger partial charge in [-0.3, -0.25) is 0 Å². The van der Waals surface area contributed by atoms with Gasteiger partial charge >= 0.3 is 5.97 Å². The van der Waals surface area contributed by atoms with Crippen molar-refractivity contribution < 1.29 is 69.9 Å². The lowest BCUT2D eigenvalue weighted by atomic mass is 10.1. The molecule has 248 valence electrons. The van der Waals surface area contributed by atoms with Crippen LogP contribution in [-0.2, 0) is 33.2 Å². The lowest BCUT2D eigenvalue weighted by molar-refractivity contribution is -0.144. The molecule has 1 saturated heterocycles. The van der Waals surface area contributed by atoms with Crippen LogP contribution in [0.1, 0.15) is 28.3 Å². The number of carbonyl (C=O) groups excluding carboxylic acids is 1. The molecule has 42 heavy (non-hydrogen) atoms. The lowest BCUT2D eigenvalue weighted by Gasteiger charge is -2.29. The summed E-state index contributed by atoms with van der Waals surface area (Å²) in [5, 5.41) is 27.4. The maximum Gasteiger partial charge on any atom is 0.385 e. The van der Waals surface area contributed by atoms with Gasteiger partial charge in [-0.05, 0) is 89.8 Å². The Morgan fingerprint density at radius 2 is 1.31 bits per heavy atom. The molecule has 1 heterocycles. The highest BCUT2D eigenvalue weighted by Gasteiger charge is 2.44. The zero-order chi connectivity index (χ0) is 30.5. The Kier molecular flexibility index (Phi) is 21.7. The van der Waals surface area contributed by atoms with Gasteiger partial charge in [0.15, 0.2) is 0 Å². The third-order valence-electron chi connectivity index (χ3n) is 4.60. The van der Waals surface area contributed by atoms with E-state index in [0.29, 0.717) is 0 Å². The minimum atomic E-state index is -0.794. The third kappa shape index (κ3) is 17.3. The summed E-state index contributed by atoms with van der Waals surface area (Å²) in [5.41, 5.74) is 0. The van der Waals surface area contributed by atoms with Crippen LogP contribution in [0, 0.1) is 94.7 Å². The highest BCUT2D eigenvalue weighted by atomic mass is 16.6. The molecule has 0 spiro atoms. The highest BCUT2D eigenvalue weighted by molar-refractivity contribution is 5.89. The van der Waals surface area contributed by atoms with Gasteiger partial charge in [-0.15, -0.1) is 0 Å². The van der Waals surface area contributed by atoms with E-state index < -0.39 is 30.4 Å². The molecule has 0 radical (unpaired) electrons. The van der Waals surface area contributed by atoms with Gasteiger partial charge in [0.25, 0.3) is 0 Å². The Balaban J connectivity index is -0.0000000905. The zero-order valence-corrected chi connectivity index (χ0v) is 23.1. The molecule has 0 aromatic rings. The SMILES string of the molecule is CC#CC#CC#CC#CC#CC#CC#CC#CC(=O)OCCOCC(OCCO)C1OC[C@@H](OCCO)[C@@H]1OCCO.[HH].[HH].[HH].[HH].[HH].[HH].[HH].[HH].[HH].[HH].[HH].[HH].[HH].[HH].[HH]. The molecule has 0 amide bonds. The largest absolute Gasteiger partial charge is 0.454 e. The van der Waals surface area contributed by atoms with Crippen LogP contribution in [0.5, 0.6) is 0 Å². The van der Waals surface area contributed by atoms with Gasteiger partial charge in [-0.25, -0.2) is 4.79 Å². The average Bonchev–Trinajstić information content (AvgIpc) is 3.40. The van der Waals surface area contributed by atoms with E-state index in [1.807, 2.05) is 0 Å². The van der Waals surface area contributed by atoms with Gasteiger partial charge in [0.2, 0.25) is 0 Å². The van der Waals surface area contributed by atoms with Gasteiger partial charge in [0.05, 0.1) is 59.5 Å². The van der Waals surface area contributed by atoms with Crippen LogP contribution in [0.3, 0.4) is 0 Å². The number of esters is 1. The number of hydrogen-bond acceptors (Lipinski definition) is 10. The highest BCUT2D eigenvalue weighted by Crippen LogP contribution is 2.25. The second-order valence-electron chi connectivity index (χ2n) is 7.46. The molecule has 0 aromatic carbocycles. The van der Waals surface area contributed by atoms with Crippen molar-refractivity contribution in [2.24, 2.45) is 0 Å². The Morgan fingerprint density at radius 1 is 0.762 bits per heavy atom. The van der Waals surface area contributed by atoms with Crippen LogP contribution in [0.4, 0.5) is 0 Å². The van der Waals surface area contributed by atoms with Crippen molar-refractivity contribution in [3.05, 3.63) is 0 Å². The van der Waals surface area contributed by atoms with Crippen molar-refractivity contribution in [2.45, 2.75) is 31.3 Å². The Bertz CT molecular complexity index is 1390. The van der Waals surface area contributed by atoms with Gasteiger partial charge < -0.3 is 43.7 Å². The molecular formula is C32H60O10. The summed E-state index contributed by atoms with van der Waals surface area (Å²) in [6.07, 6.45) is -2.33. The number of aliphatic hydroxyl groups excluding tert-OH is 3. The second-order valence-corrected chi connectivity index (χ2v) is 7.46. The summed E-state index contributed by atoms with van der Waals surface area (Å²) in [6, 6.07) is 0. The molecule has 3 N–H and O–H groups in total. The molecule has 1 aliphatic heterocycles. The molecule has 0 aliphatic carbocycles. The fourth-order valence-electron chi connectivity index (χ4n) is 3.05. The second kappa shape index (κ2) is 25.6. The van der Waals surface area contributed by atoms with Crippen molar-refractivity contribution >= 4 is 5.97 Å². The maximum atomic E-state index is 11.7. The van der Waals surface area contributed by atoms with Crippen molar-refractivity contribution in [3.8, 4) is 94.7 Å². The topological polar surface area (TPSA) is 133 Å². The molecule has 0 saturated carbocycles. The van der Waals surface area contributed by atoms with Gasteiger partial charge in [0.1, 0.15) is 31.0 Å². The van der Waals surface area contributed by atoms with Crippen molar-refractivity contribution in [1.29, 1.82) is 0 Å². The van der Waals surface area contributed by atoms with E-state index in [1.54, 1.807) is 6.92 Å². The van der Waals surface area contributed by atoms with Crippen LogP contribution in [0.2, 0.25) is 0 Å². The minimum Gasteiger partial charge on any atom is -0.454 e. The van der Waals surface area contributed by atoms with E-state index >= 15 is 0 Å². The van der Waals surface area contributed by atoms with Gasteiger partial charge in [-0.1, -0.05) is 5.92 Å². The molecule has 1 rings (SSSR count). The molecule has 10 heteroatoms. The molecule has 1 fully saturated rings. The summed E-state index contributed by atoms with van der Waals surface area (Å²) in [4.78, 5) is 11.7. The number of hydrogen-bond donors (Lipinski definition) is 3. The molecule has 0 aromatic heterocycles. The summed E-state index contributed by atoms with van der Waals surface area (Å²) >= 11 is 0. The number of ether oxygens (including phenoxy) is 6. The van der Waals surface area contributed by atoms with E-state index in [1.165, 1.54) is 0 Å². The number of aliphatic hydroxyl groups is 3. The van der Waals surface area contributed by atoms with Gasteiger partial charge in [-0.2, -0.15) is 0 Å². The standard InChI is InChI=1S/C32H30O10.15H2/c1-2-3-4-5-6-7-8-9-10-11-12-13-14-15-16-17-30(36)40-25-24-37-26-28(38-21-18-33)32-31(41-23-20-35)29(27-42-32)39-22-19-34;;;;;;;;;;;;;;;/h28-29,31-35H,18-27H2,1H3;15*1H/t28?,29-,31+,32?;;;;;;;;;;;;;;;/m1.............../s1. The molecule has 0 bridgehead atoms. The normalized spacial score (nSPS) is 16.3. The minimum absolute atomic E-state index is 0. The smallest absolute Gasteiger partial charge is 0.385 e. The summed E-state index contributed by atoms with van der Waals surface area (Å²) < 4.78 is 33.3. The first kappa shape index (κ1) is 35.7. The average molecular weight is 605 g/mol. The number of carbonyl (C=O) groups is 1. The van der Waals surface area contributed by atoms with Crippen LogP contribution < -0.4 is 0 Å². The quantitative estimate of drug-likeness (QED) is 0.110. The number of rotatable bonds is 15. The van der Waals surface area contributed by atoms with E-state index in [4.69, 9.17) is 38.6 Å². The fourth-order valence-corrected chi connectivity index (χ4v) is 3.05. The van der Waals surface area contributed by atoms with E-state index in [2.05, 4.69) is 94.7 Å². The zero-order valence-electron chi connectivity index (χ0n) is 23.1. The predicted octanol–water partition coefficient (Wildman–Crippen LogP) is 1.81. The molecule has 4 atom stereocenters. The fraction of sp³-hybridized carbons (Fsp3) is 0.469. The first-order valence-electron chi connectivity index (χ1n) is 12.6. The molecule has 1 aliphatic rings. The van der Waals surface area contributed by atoms with Crippen molar-refractivity contribution in [3.63, 3.8) is 0 Å². The van der Waals surface area contributed by atoms with Crippen LogP contribution in [0.25, 0.3) is 0 Å². The van der Waals surface area contributed by atoms with Crippen molar-refractivity contribution in [1.82, 2.24) is 0 Å². The van der Waals surface area contributed by atoms with Gasteiger partial charge in [0, 0.05) is 27.3 Å². The first-order valence-corrected chi connectivity index (χ1v) is 12.6. The Morgan fingerprint density at radius 3 is 1.88 bits per heavy atom. The summed E-state index contributed by atoms with van der Waals surface area (Å²) in [5.74, 6) is 38.5. The lowest BCUT2D eigenvalue weighted by Crippen LogP contribution is -2.45. The first-order chi connectivity index (χ1) is 20.7. The van der Waals surface area contributed by atoms with E-state index in [-0.39, 0.29) is 87.5 Å². The molecule has 10 nitrogen and oxygen atoms in total. The van der Waals surface area contributed by atoms with E-state index in [9.17, 15) is 9.90 Å². The summed E-state index contributed by atoms with van der Waals surface area (Å²) in [7, 11) is 0. The van der Waals surface area contributed by atoms with Crippen LogP contribution >= 0.6 is 0 Å². The maximum absolute atomic E-state index is 11.7. The molecular weight excluding hydrogens is 544 g/mol.